The number of benzene rings is 3. The van der Waals surface area contributed by atoms with Gasteiger partial charge < -0.3 is 10.4 Å². The molecule has 0 unspecified atom stereocenters. The molecular weight excluding hydrogens is 404 g/mol. The quantitative estimate of drug-likeness (QED) is 0.433. The van der Waals surface area contributed by atoms with Crippen molar-refractivity contribution in [2.45, 2.75) is 4.90 Å². The molecule has 0 saturated heterocycles. The van der Waals surface area contributed by atoms with Crippen molar-refractivity contribution in [2.24, 2.45) is 0 Å². The number of nitrogens with zero attached hydrogens (tertiary/aromatic N) is 2. The molecule has 0 amide bonds. The Balaban J connectivity index is 1.75. The van der Waals surface area contributed by atoms with Crippen LogP contribution in [0.2, 0.25) is 0 Å². The molecule has 0 atom stereocenters. The normalized spacial score (nSPS) is 11.2. The number of aromatic nitrogens is 2. The summed E-state index contributed by atoms with van der Waals surface area (Å²) in [5.41, 5.74) is 1.76. The number of nitrogens with one attached hydrogen (secondary N) is 2. The third kappa shape index (κ3) is 4.06. The molecule has 0 aliphatic heterocycles. The van der Waals surface area contributed by atoms with Gasteiger partial charge in [-0.3, -0.25) is 4.72 Å². The molecule has 0 radical (unpaired) electrons. The fourth-order valence-electron chi connectivity index (χ4n) is 2.78. The van der Waals surface area contributed by atoms with Crippen molar-refractivity contribution in [3.8, 4) is 0 Å². The summed E-state index contributed by atoms with van der Waals surface area (Å²) >= 11 is 0. The van der Waals surface area contributed by atoms with E-state index in [1.807, 2.05) is 0 Å². The van der Waals surface area contributed by atoms with E-state index in [1.54, 1.807) is 54.6 Å². The van der Waals surface area contributed by atoms with Gasteiger partial charge in [0, 0.05) is 5.69 Å². The standard InChI is InChI=1S/C21H16N4O4S/c26-21(27)14-10-12-15(13-11-14)22-19-20(24-18-9-5-4-8-17(18)23-19)25-30(28,29)16-6-2-1-3-7-16/h1-13H,(H,22,23)(H,24,25)(H,26,27). The highest BCUT2D eigenvalue weighted by molar-refractivity contribution is 7.92. The Morgan fingerprint density at radius 1 is 0.767 bits per heavy atom. The van der Waals surface area contributed by atoms with Crippen molar-refractivity contribution in [1.29, 1.82) is 0 Å². The average Bonchev–Trinajstić information content (AvgIpc) is 2.75. The average molecular weight is 420 g/mol. The Hall–Kier alpha value is -3.98. The third-order valence-corrected chi connectivity index (χ3v) is 5.60. The van der Waals surface area contributed by atoms with Crippen molar-refractivity contribution in [3.63, 3.8) is 0 Å². The molecule has 0 aliphatic carbocycles. The number of carbonyl (C=O) groups is 1. The van der Waals surface area contributed by atoms with Crippen molar-refractivity contribution >= 4 is 44.3 Å². The largest absolute Gasteiger partial charge is 0.478 e. The highest BCUT2D eigenvalue weighted by Gasteiger charge is 2.19. The second-order valence-corrected chi connectivity index (χ2v) is 8.02. The lowest BCUT2D eigenvalue weighted by atomic mass is 10.2. The zero-order valence-corrected chi connectivity index (χ0v) is 16.3. The van der Waals surface area contributed by atoms with Gasteiger partial charge in [-0.2, -0.15) is 0 Å². The first kappa shape index (κ1) is 19.3. The van der Waals surface area contributed by atoms with E-state index in [9.17, 15) is 13.2 Å². The molecule has 0 aliphatic rings. The van der Waals surface area contributed by atoms with Crippen LogP contribution in [0.3, 0.4) is 0 Å². The lowest BCUT2D eigenvalue weighted by molar-refractivity contribution is 0.0697. The van der Waals surface area contributed by atoms with E-state index in [1.165, 1.54) is 24.3 Å². The highest BCUT2D eigenvalue weighted by Crippen LogP contribution is 2.27. The number of hydrogen-bond donors (Lipinski definition) is 3. The summed E-state index contributed by atoms with van der Waals surface area (Å²) in [7, 11) is -3.88. The number of hydrogen-bond acceptors (Lipinski definition) is 6. The molecule has 3 aromatic carbocycles. The van der Waals surface area contributed by atoms with E-state index in [4.69, 9.17) is 5.11 Å². The SMILES string of the molecule is O=C(O)c1ccc(Nc2nc3ccccc3nc2NS(=O)(=O)c2ccccc2)cc1. The van der Waals surface area contributed by atoms with Crippen LogP contribution >= 0.6 is 0 Å². The van der Waals surface area contributed by atoms with Crippen LogP contribution in [-0.2, 0) is 10.0 Å². The fourth-order valence-corrected chi connectivity index (χ4v) is 3.81. The van der Waals surface area contributed by atoms with E-state index < -0.39 is 16.0 Å². The number of sulfonamides is 1. The lowest BCUT2D eigenvalue weighted by Gasteiger charge is -2.14. The molecule has 8 nitrogen and oxygen atoms in total. The summed E-state index contributed by atoms with van der Waals surface area (Å²) in [5, 5.41) is 12.1. The molecule has 4 rings (SSSR count). The van der Waals surface area contributed by atoms with Crippen LogP contribution in [0, 0.1) is 0 Å². The second-order valence-electron chi connectivity index (χ2n) is 6.34. The number of para-hydroxylation sites is 2. The predicted octanol–water partition coefficient (Wildman–Crippen LogP) is 3.87. The van der Waals surface area contributed by atoms with Gasteiger partial charge in [0.1, 0.15) is 0 Å². The van der Waals surface area contributed by atoms with Crippen LogP contribution in [0.1, 0.15) is 10.4 Å². The Labute approximate surface area is 172 Å². The zero-order valence-electron chi connectivity index (χ0n) is 15.5. The topological polar surface area (TPSA) is 121 Å². The number of carboxylic acids is 1. The minimum Gasteiger partial charge on any atom is -0.478 e. The van der Waals surface area contributed by atoms with Gasteiger partial charge in [0.2, 0.25) is 0 Å². The van der Waals surface area contributed by atoms with E-state index in [-0.39, 0.29) is 22.1 Å². The van der Waals surface area contributed by atoms with Crippen LogP contribution in [0.4, 0.5) is 17.3 Å². The maximum Gasteiger partial charge on any atom is 0.335 e. The first-order valence-corrected chi connectivity index (χ1v) is 10.4. The number of anilines is 3. The molecule has 0 saturated carbocycles. The molecule has 4 aromatic rings. The smallest absolute Gasteiger partial charge is 0.335 e. The first-order valence-electron chi connectivity index (χ1n) is 8.87. The number of fused-ring (bicyclic) bond motifs is 1. The van der Waals surface area contributed by atoms with Gasteiger partial charge in [-0.15, -0.1) is 0 Å². The van der Waals surface area contributed by atoms with Crippen molar-refractivity contribution in [3.05, 3.63) is 84.4 Å². The Morgan fingerprint density at radius 3 is 1.93 bits per heavy atom. The fraction of sp³-hybridized carbons (Fsp3) is 0. The maximum atomic E-state index is 12.8. The summed E-state index contributed by atoms with van der Waals surface area (Å²) in [4.78, 5) is 20.0. The summed E-state index contributed by atoms with van der Waals surface area (Å²) in [6, 6.07) is 21.0. The van der Waals surface area contributed by atoms with Crippen LogP contribution in [0.15, 0.2) is 83.8 Å². The van der Waals surface area contributed by atoms with Gasteiger partial charge in [-0.05, 0) is 48.5 Å². The molecule has 1 heterocycles. The van der Waals surface area contributed by atoms with Crippen molar-refractivity contribution in [1.82, 2.24) is 9.97 Å². The lowest BCUT2D eigenvalue weighted by Crippen LogP contribution is -2.16. The minimum atomic E-state index is -3.88. The molecule has 3 N–H and O–H groups in total. The van der Waals surface area contributed by atoms with E-state index in [0.717, 1.165) is 0 Å². The van der Waals surface area contributed by atoms with Gasteiger partial charge in [-0.1, -0.05) is 30.3 Å². The molecule has 0 spiro atoms. The maximum absolute atomic E-state index is 12.8. The van der Waals surface area contributed by atoms with Crippen molar-refractivity contribution < 1.29 is 18.3 Å². The molecule has 0 fully saturated rings. The number of carboxylic acid groups (broad SMARTS) is 1. The molecule has 9 heteroatoms. The highest BCUT2D eigenvalue weighted by atomic mass is 32.2. The van der Waals surface area contributed by atoms with Crippen molar-refractivity contribution in [2.75, 3.05) is 10.0 Å². The van der Waals surface area contributed by atoms with E-state index >= 15 is 0 Å². The van der Waals surface area contributed by atoms with Gasteiger partial charge in [0.05, 0.1) is 21.5 Å². The van der Waals surface area contributed by atoms with Gasteiger partial charge in [0.25, 0.3) is 10.0 Å². The molecule has 1 aromatic heterocycles. The Bertz CT molecular complexity index is 1320. The predicted molar refractivity (Wildman–Crippen MR) is 113 cm³/mol. The second kappa shape index (κ2) is 7.80. The van der Waals surface area contributed by atoms with Crippen LogP contribution in [0.5, 0.6) is 0 Å². The molecule has 0 bridgehead atoms. The summed E-state index contributed by atoms with van der Waals surface area (Å²) in [5.74, 6) is -0.820. The Morgan fingerprint density at radius 2 is 1.33 bits per heavy atom. The van der Waals surface area contributed by atoms with E-state index in [2.05, 4.69) is 20.0 Å². The minimum absolute atomic E-state index is 0.0277. The number of aromatic carboxylic acids is 1. The molecule has 150 valence electrons. The van der Waals surface area contributed by atoms with Crippen LogP contribution in [-0.4, -0.2) is 29.5 Å². The molecule has 30 heavy (non-hydrogen) atoms. The molecular formula is C21H16N4O4S. The van der Waals surface area contributed by atoms with Gasteiger partial charge in [0.15, 0.2) is 11.6 Å². The summed E-state index contributed by atoms with van der Waals surface area (Å²) in [6.07, 6.45) is 0. The van der Waals surface area contributed by atoms with Crippen LogP contribution < -0.4 is 10.0 Å². The monoisotopic (exact) mass is 420 g/mol. The first-order chi connectivity index (χ1) is 14.4. The van der Waals surface area contributed by atoms with Gasteiger partial charge in [-0.25, -0.2) is 23.2 Å². The summed E-state index contributed by atoms with van der Waals surface area (Å²) in [6.45, 7) is 0. The van der Waals surface area contributed by atoms with E-state index in [0.29, 0.717) is 16.7 Å². The Kier molecular flexibility index (Phi) is 5.03. The van der Waals surface area contributed by atoms with Gasteiger partial charge >= 0.3 is 5.97 Å². The number of rotatable bonds is 6. The third-order valence-electron chi connectivity index (χ3n) is 4.25. The van der Waals surface area contributed by atoms with Crippen LogP contribution in [0.25, 0.3) is 11.0 Å². The zero-order chi connectivity index (χ0) is 21.1. The summed E-state index contributed by atoms with van der Waals surface area (Å²) < 4.78 is 28.1.